The molecule has 0 saturated heterocycles. The SMILES string of the molecule is CCCc1[nH]n(-c2ccc(OC)cc2)c(=O)c1C(C)=Nc1ccc(Cl)cc1Cl. The molecule has 0 unspecified atom stereocenters. The Bertz CT molecular complexity index is 1070. The molecule has 0 aliphatic heterocycles. The van der Waals surface area contributed by atoms with Crippen LogP contribution in [0.1, 0.15) is 31.5 Å². The third-order valence-corrected chi connectivity index (χ3v) is 4.89. The molecule has 0 amide bonds. The summed E-state index contributed by atoms with van der Waals surface area (Å²) >= 11 is 12.2. The van der Waals surface area contributed by atoms with Crippen LogP contribution in [0.25, 0.3) is 5.69 Å². The van der Waals surface area contributed by atoms with Gasteiger partial charge in [0.1, 0.15) is 5.75 Å². The maximum atomic E-state index is 13.2. The highest BCUT2D eigenvalue weighted by atomic mass is 35.5. The van der Waals surface area contributed by atoms with Crippen molar-refractivity contribution in [2.45, 2.75) is 26.7 Å². The van der Waals surface area contributed by atoms with E-state index in [1.165, 1.54) is 4.68 Å². The summed E-state index contributed by atoms with van der Waals surface area (Å²) in [5.41, 5.74) is 3.15. The van der Waals surface area contributed by atoms with Crippen molar-refractivity contribution in [2.75, 3.05) is 7.11 Å². The number of nitrogens with zero attached hydrogens (tertiary/aromatic N) is 2. The smallest absolute Gasteiger partial charge is 0.280 e. The highest BCUT2D eigenvalue weighted by Gasteiger charge is 2.18. The summed E-state index contributed by atoms with van der Waals surface area (Å²) in [6.45, 7) is 3.88. The molecule has 2 aromatic carbocycles. The summed E-state index contributed by atoms with van der Waals surface area (Å²) < 4.78 is 6.72. The molecule has 1 aromatic heterocycles. The van der Waals surface area contributed by atoms with Crippen molar-refractivity contribution >= 4 is 34.6 Å². The highest BCUT2D eigenvalue weighted by Crippen LogP contribution is 2.28. The third kappa shape index (κ3) is 4.16. The molecule has 0 saturated carbocycles. The average Bonchev–Trinajstić information content (AvgIpc) is 3.00. The summed E-state index contributed by atoms with van der Waals surface area (Å²) in [4.78, 5) is 17.7. The zero-order valence-corrected chi connectivity index (χ0v) is 17.4. The van der Waals surface area contributed by atoms with Gasteiger partial charge in [0, 0.05) is 10.7 Å². The number of benzene rings is 2. The quantitative estimate of drug-likeness (QED) is 0.532. The van der Waals surface area contributed by atoms with Gasteiger partial charge >= 0.3 is 0 Å². The molecule has 1 heterocycles. The fourth-order valence-electron chi connectivity index (χ4n) is 3.01. The van der Waals surface area contributed by atoms with Gasteiger partial charge in [0.2, 0.25) is 0 Å². The second kappa shape index (κ2) is 8.67. The van der Waals surface area contributed by atoms with Gasteiger partial charge in [0.25, 0.3) is 5.56 Å². The molecule has 3 aromatic rings. The van der Waals surface area contributed by atoms with Crippen LogP contribution in [0.4, 0.5) is 5.69 Å². The second-order valence-corrected chi connectivity index (χ2v) is 7.19. The van der Waals surface area contributed by atoms with Gasteiger partial charge < -0.3 is 4.74 Å². The van der Waals surface area contributed by atoms with E-state index in [9.17, 15) is 4.79 Å². The van der Waals surface area contributed by atoms with E-state index in [2.05, 4.69) is 17.0 Å². The van der Waals surface area contributed by atoms with E-state index in [0.29, 0.717) is 27.0 Å². The lowest BCUT2D eigenvalue weighted by Gasteiger charge is -2.03. The number of nitrogens with one attached hydrogen (secondary N) is 1. The predicted octanol–water partition coefficient (Wildman–Crippen LogP) is 5.57. The molecular weight excluding hydrogens is 397 g/mol. The number of hydrogen-bond donors (Lipinski definition) is 1. The first-order valence-corrected chi connectivity index (χ1v) is 9.69. The second-order valence-electron chi connectivity index (χ2n) is 6.35. The van der Waals surface area contributed by atoms with Gasteiger partial charge in [-0.2, -0.15) is 0 Å². The first-order chi connectivity index (χ1) is 13.4. The van der Waals surface area contributed by atoms with Crippen molar-refractivity contribution in [1.29, 1.82) is 0 Å². The Labute approximate surface area is 173 Å². The Balaban J connectivity index is 2.09. The van der Waals surface area contributed by atoms with Gasteiger partial charge in [-0.15, -0.1) is 0 Å². The lowest BCUT2D eigenvalue weighted by atomic mass is 10.1. The molecule has 3 rings (SSSR count). The minimum absolute atomic E-state index is 0.153. The van der Waals surface area contributed by atoms with E-state index in [-0.39, 0.29) is 5.56 Å². The standard InChI is InChI=1S/C21H21Cl2N3O2/c1-4-5-19-20(13(2)24-18-11-6-14(22)12-17(18)23)21(27)26(25-19)15-7-9-16(28-3)10-8-15/h6-12,25H,4-5H2,1-3H3. The van der Waals surface area contributed by atoms with Crippen LogP contribution in [0.2, 0.25) is 10.0 Å². The molecule has 0 spiro atoms. The van der Waals surface area contributed by atoms with E-state index in [0.717, 1.165) is 30.0 Å². The number of aromatic amines is 1. The monoisotopic (exact) mass is 417 g/mol. The molecule has 28 heavy (non-hydrogen) atoms. The molecule has 0 atom stereocenters. The van der Waals surface area contributed by atoms with Gasteiger partial charge in [-0.25, -0.2) is 4.68 Å². The summed E-state index contributed by atoms with van der Waals surface area (Å²) in [7, 11) is 1.61. The Morgan fingerprint density at radius 2 is 1.89 bits per heavy atom. The van der Waals surface area contributed by atoms with Crippen LogP contribution >= 0.6 is 23.2 Å². The Hall–Kier alpha value is -2.50. The van der Waals surface area contributed by atoms with Crippen LogP contribution in [0.15, 0.2) is 52.3 Å². The molecule has 0 aliphatic carbocycles. The minimum Gasteiger partial charge on any atom is -0.497 e. The topological polar surface area (TPSA) is 59.4 Å². The molecule has 7 heteroatoms. The van der Waals surface area contributed by atoms with Gasteiger partial charge in [0.15, 0.2) is 0 Å². The number of ether oxygens (including phenoxy) is 1. The maximum absolute atomic E-state index is 13.2. The normalized spacial score (nSPS) is 11.7. The highest BCUT2D eigenvalue weighted by molar-refractivity contribution is 6.36. The fraction of sp³-hybridized carbons (Fsp3) is 0.238. The molecule has 0 bridgehead atoms. The predicted molar refractivity (Wildman–Crippen MR) is 115 cm³/mol. The van der Waals surface area contributed by atoms with E-state index in [1.54, 1.807) is 25.3 Å². The van der Waals surface area contributed by atoms with Gasteiger partial charge in [-0.1, -0.05) is 36.5 Å². The fourth-order valence-corrected chi connectivity index (χ4v) is 3.46. The molecule has 146 valence electrons. The summed E-state index contributed by atoms with van der Waals surface area (Å²) in [5.74, 6) is 0.729. The zero-order chi connectivity index (χ0) is 20.3. The summed E-state index contributed by atoms with van der Waals surface area (Å²) in [5, 5.41) is 4.20. The Kier molecular flexibility index (Phi) is 6.27. The molecule has 0 radical (unpaired) electrons. The third-order valence-electron chi connectivity index (χ3n) is 4.36. The number of aryl methyl sites for hydroxylation is 1. The minimum atomic E-state index is -0.153. The summed E-state index contributed by atoms with van der Waals surface area (Å²) in [6, 6.07) is 12.4. The Morgan fingerprint density at radius 1 is 1.18 bits per heavy atom. The van der Waals surface area contributed by atoms with Crippen LogP contribution in [0, 0.1) is 0 Å². The zero-order valence-electron chi connectivity index (χ0n) is 15.9. The van der Waals surface area contributed by atoms with Crippen molar-refractivity contribution in [3.8, 4) is 11.4 Å². The van der Waals surface area contributed by atoms with Crippen molar-refractivity contribution in [3.63, 3.8) is 0 Å². The lowest BCUT2D eigenvalue weighted by Crippen LogP contribution is -2.19. The van der Waals surface area contributed by atoms with Crippen molar-refractivity contribution in [3.05, 3.63) is 74.1 Å². The number of rotatable bonds is 6. The van der Waals surface area contributed by atoms with Gasteiger partial charge in [-0.05, 0) is 55.8 Å². The number of halogens is 2. The number of hydrogen-bond acceptors (Lipinski definition) is 3. The van der Waals surface area contributed by atoms with Crippen LogP contribution in [-0.2, 0) is 6.42 Å². The average molecular weight is 418 g/mol. The molecule has 1 N–H and O–H groups in total. The van der Waals surface area contributed by atoms with Gasteiger partial charge in [-0.3, -0.25) is 14.9 Å². The molecule has 0 aliphatic rings. The number of aromatic nitrogens is 2. The molecule has 5 nitrogen and oxygen atoms in total. The first-order valence-electron chi connectivity index (χ1n) is 8.93. The van der Waals surface area contributed by atoms with Gasteiger partial charge in [0.05, 0.1) is 34.8 Å². The van der Waals surface area contributed by atoms with Crippen molar-refractivity contribution in [2.24, 2.45) is 4.99 Å². The summed E-state index contributed by atoms with van der Waals surface area (Å²) in [6.07, 6.45) is 1.62. The Morgan fingerprint density at radius 3 is 2.50 bits per heavy atom. The van der Waals surface area contributed by atoms with Crippen LogP contribution in [0.5, 0.6) is 5.75 Å². The largest absolute Gasteiger partial charge is 0.497 e. The van der Waals surface area contributed by atoms with E-state index >= 15 is 0 Å². The number of methoxy groups -OCH3 is 1. The lowest BCUT2D eigenvalue weighted by molar-refractivity contribution is 0.414. The molecule has 0 fully saturated rings. The van der Waals surface area contributed by atoms with Crippen LogP contribution < -0.4 is 10.3 Å². The van der Waals surface area contributed by atoms with E-state index < -0.39 is 0 Å². The number of H-pyrrole nitrogens is 1. The van der Waals surface area contributed by atoms with Crippen LogP contribution in [-0.4, -0.2) is 22.6 Å². The van der Waals surface area contributed by atoms with Crippen molar-refractivity contribution < 1.29 is 4.74 Å². The van der Waals surface area contributed by atoms with Crippen molar-refractivity contribution in [1.82, 2.24) is 9.78 Å². The molecular formula is C21H21Cl2N3O2. The van der Waals surface area contributed by atoms with E-state index in [4.69, 9.17) is 27.9 Å². The first kappa shape index (κ1) is 20.2. The number of aliphatic imine (C=N–C) groups is 1. The van der Waals surface area contributed by atoms with Crippen LogP contribution in [0.3, 0.4) is 0 Å². The maximum Gasteiger partial charge on any atom is 0.280 e. The van der Waals surface area contributed by atoms with E-state index in [1.807, 2.05) is 31.2 Å².